The Morgan fingerprint density at radius 2 is 1.94 bits per heavy atom. The molecule has 1 aromatic rings. The van der Waals surface area contributed by atoms with Crippen molar-refractivity contribution >= 4 is 29.9 Å². The normalized spacial score (nSPS) is 11.2. The van der Waals surface area contributed by atoms with E-state index < -0.39 is 13.0 Å². The van der Waals surface area contributed by atoms with Crippen molar-refractivity contribution in [1.82, 2.24) is 15.2 Å². The van der Waals surface area contributed by atoms with E-state index in [1.807, 2.05) is 36.0 Å². The van der Waals surface area contributed by atoms with Crippen LogP contribution in [0.1, 0.15) is 6.92 Å². The van der Waals surface area contributed by atoms with Crippen LogP contribution in [0.15, 0.2) is 29.5 Å². The van der Waals surface area contributed by atoms with Crippen LogP contribution in [0.5, 0.6) is 0 Å². The molecule has 0 aliphatic rings. The Balaban J connectivity index is 0.00000289. The molecule has 0 aliphatic heterocycles. The fourth-order valence-electron chi connectivity index (χ4n) is 1.32. The largest absolute Gasteiger partial charge is 0.357 e. The Kier molecular flexibility index (Phi) is 9.62. The molecular formula is C11H19F2IN4. The molecule has 0 fully saturated rings. The van der Waals surface area contributed by atoms with Crippen LogP contribution < -0.4 is 10.6 Å². The van der Waals surface area contributed by atoms with E-state index in [0.717, 1.165) is 6.54 Å². The van der Waals surface area contributed by atoms with Crippen LogP contribution in [0.4, 0.5) is 8.78 Å². The predicted octanol–water partition coefficient (Wildman–Crippen LogP) is 1.93. The number of guanidine groups is 1. The van der Waals surface area contributed by atoms with Crippen LogP contribution in [-0.4, -0.2) is 36.6 Å². The summed E-state index contributed by atoms with van der Waals surface area (Å²) in [5.74, 6) is 0.431. The first-order chi connectivity index (χ1) is 8.22. The minimum absolute atomic E-state index is 0. The Morgan fingerprint density at radius 1 is 1.28 bits per heavy atom. The van der Waals surface area contributed by atoms with E-state index in [2.05, 4.69) is 15.6 Å². The molecule has 7 heteroatoms. The summed E-state index contributed by atoms with van der Waals surface area (Å²) >= 11 is 0. The maximum absolute atomic E-state index is 12.0. The highest BCUT2D eigenvalue weighted by molar-refractivity contribution is 14.0. The number of rotatable bonds is 6. The SMILES string of the molecule is CCNC(=NCC(F)F)NCCn1cccc1.I. The van der Waals surface area contributed by atoms with Gasteiger partial charge in [0, 0.05) is 32.0 Å². The Labute approximate surface area is 123 Å². The van der Waals surface area contributed by atoms with Crippen molar-refractivity contribution in [3.8, 4) is 0 Å². The smallest absolute Gasteiger partial charge is 0.257 e. The van der Waals surface area contributed by atoms with Crippen LogP contribution in [0, 0.1) is 0 Å². The van der Waals surface area contributed by atoms with Crippen molar-refractivity contribution in [2.45, 2.75) is 19.9 Å². The summed E-state index contributed by atoms with van der Waals surface area (Å²) < 4.78 is 26.0. The van der Waals surface area contributed by atoms with Gasteiger partial charge in [-0.05, 0) is 19.1 Å². The van der Waals surface area contributed by atoms with Gasteiger partial charge in [0.2, 0.25) is 0 Å². The fraction of sp³-hybridized carbons (Fsp3) is 0.545. The maximum Gasteiger partial charge on any atom is 0.257 e. The molecule has 0 aromatic carbocycles. The van der Waals surface area contributed by atoms with E-state index in [0.29, 0.717) is 19.0 Å². The first-order valence-electron chi connectivity index (χ1n) is 5.63. The summed E-state index contributed by atoms with van der Waals surface area (Å²) in [6.45, 7) is 3.48. The van der Waals surface area contributed by atoms with Crippen LogP contribution in [0.2, 0.25) is 0 Å². The van der Waals surface area contributed by atoms with Gasteiger partial charge in [-0.1, -0.05) is 0 Å². The molecule has 0 saturated heterocycles. The number of nitrogens with one attached hydrogen (secondary N) is 2. The van der Waals surface area contributed by atoms with Crippen molar-refractivity contribution in [2.75, 3.05) is 19.6 Å². The summed E-state index contributed by atoms with van der Waals surface area (Å²) in [4.78, 5) is 3.77. The first-order valence-corrected chi connectivity index (χ1v) is 5.63. The summed E-state index contributed by atoms with van der Waals surface area (Å²) in [6.07, 6.45) is 1.49. The molecule has 1 heterocycles. The second-order valence-electron chi connectivity index (χ2n) is 3.46. The summed E-state index contributed by atoms with van der Waals surface area (Å²) in [5, 5.41) is 5.91. The highest BCUT2D eigenvalue weighted by Gasteiger charge is 2.02. The van der Waals surface area contributed by atoms with Crippen molar-refractivity contribution in [2.24, 2.45) is 4.99 Å². The number of aliphatic imine (C=N–C) groups is 1. The number of hydrogen-bond donors (Lipinski definition) is 2. The molecule has 2 N–H and O–H groups in total. The molecule has 1 aromatic heterocycles. The van der Waals surface area contributed by atoms with Gasteiger partial charge in [0.15, 0.2) is 5.96 Å². The summed E-state index contributed by atoms with van der Waals surface area (Å²) in [5.41, 5.74) is 0. The maximum atomic E-state index is 12.0. The second-order valence-corrected chi connectivity index (χ2v) is 3.46. The monoisotopic (exact) mass is 372 g/mol. The van der Waals surface area contributed by atoms with E-state index in [-0.39, 0.29) is 24.0 Å². The highest BCUT2D eigenvalue weighted by atomic mass is 127. The van der Waals surface area contributed by atoms with Crippen LogP contribution in [-0.2, 0) is 6.54 Å². The van der Waals surface area contributed by atoms with Gasteiger partial charge in [-0.25, -0.2) is 13.8 Å². The molecular weight excluding hydrogens is 353 g/mol. The van der Waals surface area contributed by atoms with Gasteiger partial charge in [-0.3, -0.25) is 0 Å². The zero-order valence-electron chi connectivity index (χ0n) is 10.3. The molecule has 0 aliphatic carbocycles. The lowest BCUT2D eigenvalue weighted by Gasteiger charge is -2.11. The first kappa shape index (κ1) is 17.1. The Hall–Kier alpha value is -0.860. The van der Waals surface area contributed by atoms with Crippen molar-refractivity contribution in [3.05, 3.63) is 24.5 Å². The molecule has 1 rings (SSSR count). The lowest BCUT2D eigenvalue weighted by atomic mass is 10.6. The minimum atomic E-state index is -2.41. The fourth-order valence-corrected chi connectivity index (χ4v) is 1.32. The molecule has 104 valence electrons. The number of aromatic nitrogens is 1. The molecule has 0 spiro atoms. The lowest BCUT2D eigenvalue weighted by Crippen LogP contribution is -2.39. The predicted molar refractivity (Wildman–Crippen MR) is 79.8 cm³/mol. The molecule has 0 amide bonds. The van der Waals surface area contributed by atoms with E-state index in [4.69, 9.17) is 0 Å². The van der Waals surface area contributed by atoms with E-state index in [1.54, 1.807) is 0 Å². The van der Waals surface area contributed by atoms with Crippen molar-refractivity contribution in [3.63, 3.8) is 0 Å². The Morgan fingerprint density at radius 3 is 2.50 bits per heavy atom. The standard InChI is InChI=1S/C11H18F2N4.HI/c1-2-14-11(16-9-10(12)13)15-5-8-17-6-3-4-7-17;/h3-4,6-7,10H,2,5,8-9H2,1H3,(H2,14,15,16);1H. The summed E-state index contributed by atoms with van der Waals surface area (Å²) in [7, 11) is 0. The van der Waals surface area contributed by atoms with E-state index in [1.165, 1.54) is 0 Å². The van der Waals surface area contributed by atoms with Gasteiger partial charge in [-0.15, -0.1) is 24.0 Å². The Bertz CT molecular complexity index is 328. The van der Waals surface area contributed by atoms with Gasteiger partial charge in [0.1, 0.15) is 6.54 Å². The molecule has 0 radical (unpaired) electrons. The number of hydrogen-bond acceptors (Lipinski definition) is 1. The van der Waals surface area contributed by atoms with Gasteiger partial charge in [0.05, 0.1) is 0 Å². The molecule has 0 saturated carbocycles. The third-order valence-electron chi connectivity index (χ3n) is 2.06. The van der Waals surface area contributed by atoms with Crippen LogP contribution >= 0.6 is 24.0 Å². The molecule has 18 heavy (non-hydrogen) atoms. The average molecular weight is 372 g/mol. The molecule has 4 nitrogen and oxygen atoms in total. The third-order valence-corrected chi connectivity index (χ3v) is 2.06. The number of alkyl halides is 2. The van der Waals surface area contributed by atoms with Crippen molar-refractivity contribution in [1.29, 1.82) is 0 Å². The number of nitrogens with zero attached hydrogens (tertiary/aromatic N) is 2. The quantitative estimate of drug-likeness (QED) is 0.455. The zero-order valence-corrected chi connectivity index (χ0v) is 12.6. The van der Waals surface area contributed by atoms with E-state index >= 15 is 0 Å². The zero-order chi connectivity index (χ0) is 12.5. The molecule has 0 unspecified atom stereocenters. The average Bonchev–Trinajstić information content (AvgIpc) is 2.78. The molecule has 0 atom stereocenters. The van der Waals surface area contributed by atoms with Gasteiger partial charge in [-0.2, -0.15) is 0 Å². The van der Waals surface area contributed by atoms with Gasteiger partial charge in [0.25, 0.3) is 6.43 Å². The second kappa shape index (κ2) is 10.1. The summed E-state index contributed by atoms with van der Waals surface area (Å²) in [6, 6.07) is 3.88. The van der Waals surface area contributed by atoms with E-state index in [9.17, 15) is 8.78 Å². The number of halogens is 3. The van der Waals surface area contributed by atoms with Crippen LogP contribution in [0.3, 0.4) is 0 Å². The highest BCUT2D eigenvalue weighted by Crippen LogP contribution is 1.92. The van der Waals surface area contributed by atoms with Gasteiger partial charge >= 0.3 is 0 Å². The van der Waals surface area contributed by atoms with Gasteiger partial charge < -0.3 is 15.2 Å². The lowest BCUT2D eigenvalue weighted by molar-refractivity contribution is 0.158. The minimum Gasteiger partial charge on any atom is -0.357 e. The molecule has 0 bridgehead atoms. The van der Waals surface area contributed by atoms with Crippen molar-refractivity contribution < 1.29 is 8.78 Å². The topological polar surface area (TPSA) is 41.4 Å². The third kappa shape index (κ3) is 7.46. The van der Waals surface area contributed by atoms with Crippen LogP contribution in [0.25, 0.3) is 0 Å².